The molecule has 2 rings (SSSR count). The van der Waals surface area contributed by atoms with Crippen molar-refractivity contribution in [2.45, 2.75) is 33.3 Å². The fourth-order valence-corrected chi connectivity index (χ4v) is 2.53. The van der Waals surface area contributed by atoms with E-state index >= 15 is 0 Å². The van der Waals surface area contributed by atoms with Crippen LogP contribution < -0.4 is 0 Å². The molecule has 0 saturated heterocycles. The van der Waals surface area contributed by atoms with Crippen molar-refractivity contribution < 1.29 is 5.11 Å². The molecule has 1 atom stereocenters. The van der Waals surface area contributed by atoms with E-state index in [9.17, 15) is 5.11 Å². The first-order valence-electron chi connectivity index (χ1n) is 6.67. The molecular weight excluding hydrogens is 246 g/mol. The summed E-state index contributed by atoms with van der Waals surface area (Å²) in [5.74, 6) is 0. The zero-order chi connectivity index (χ0) is 14.9. The van der Waals surface area contributed by atoms with Crippen LogP contribution in [0.1, 0.15) is 40.3 Å². The molecule has 0 aliphatic heterocycles. The zero-order valence-electron chi connectivity index (χ0n) is 12.4. The van der Waals surface area contributed by atoms with Crippen molar-refractivity contribution in [3.8, 4) is 6.07 Å². The Hall–Kier alpha value is -2.11. The van der Waals surface area contributed by atoms with E-state index in [0.717, 1.165) is 22.3 Å². The van der Waals surface area contributed by atoms with Gasteiger partial charge in [-0.1, -0.05) is 24.3 Å². The van der Waals surface area contributed by atoms with Crippen molar-refractivity contribution in [2.24, 2.45) is 0 Å². The third-order valence-electron chi connectivity index (χ3n) is 3.92. The van der Waals surface area contributed by atoms with Crippen molar-refractivity contribution in [2.75, 3.05) is 0 Å². The van der Waals surface area contributed by atoms with Crippen LogP contribution in [0.3, 0.4) is 0 Å². The lowest BCUT2D eigenvalue weighted by atomic mass is 9.83. The quantitative estimate of drug-likeness (QED) is 0.899. The van der Waals surface area contributed by atoms with E-state index in [1.165, 1.54) is 5.56 Å². The van der Waals surface area contributed by atoms with E-state index < -0.39 is 5.60 Å². The Morgan fingerprint density at radius 1 is 1.00 bits per heavy atom. The van der Waals surface area contributed by atoms with Gasteiger partial charge in [-0.25, -0.2) is 0 Å². The molecule has 2 aromatic rings. The summed E-state index contributed by atoms with van der Waals surface area (Å²) in [5, 5.41) is 20.0. The van der Waals surface area contributed by atoms with Crippen LogP contribution >= 0.6 is 0 Å². The number of nitriles is 1. The maximum Gasteiger partial charge on any atom is 0.112 e. The summed E-state index contributed by atoms with van der Waals surface area (Å²) in [6.07, 6.45) is 0. The van der Waals surface area contributed by atoms with E-state index in [-0.39, 0.29) is 0 Å². The average molecular weight is 265 g/mol. The van der Waals surface area contributed by atoms with E-state index in [0.29, 0.717) is 5.56 Å². The second-order valence-electron chi connectivity index (χ2n) is 5.52. The minimum absolute atomic E-state index is 0.560. The molecule has 0 bridgehead atoms. The fourth-order valence-electron chi connectivity index (χ4n) is 2.53. The van der Waals surface area contributed by atoms with E-state index in [2.05, 4.69) is 19.1 Å². The van der Waals surface area contributed by atoms with Crippen molar-refractivity contribution in [1.29, 1.82) is 5.26 Å². The first-order valence-corrected chi connectivity index (χ1v) is 6.67. The van der Waals surface area contributed by atoms with E-state index in [4.69, 9.17) is 5.26 Å². The van der Waals surface area contributed by atoms with Crippen LogP contribution in [-0.2, 0) is 5.60 Å². The third-order valence-corrected chi connectivity index (χ3v) is 3.92. The van der Waals surface area contributed by atoms with Crippen molar-refractivity contribution in [1.82, 2.24) is 0 Å². The Bertz CT molecular complexity index is 693. The Morgan fingerprint density at radius 2 is 1.65 bits per heavy atom. The predicted octanol–water partition coefficient (Wildman–Crippen LogP) is 3.74. The number of rotatable bonds is 2. The number of hydrogen-bond donors (Lipinski definition) is 1. The van der Waals surface area contributed by atoms with Gasteiger partial charge in [0.25, 0.3) is 0 Å². The Morgan fingerprint density at radius 3 is 2.30 bits per heavy atom. The van der Waals surface area contributed by atoms with Crippen molar-refractivity contribution in [3.63, 3.8) is 0 Å². The molecular formula is C18H19NO. The second kappa shape index (κ2) is 5.11. The molecule has 1 N–H and O–H groups in total. The van der Waals surface area contributed by atoms with Crippen LogP contribution in [0.25, 0.3) is 0 Å². The molecule has 20 heavy (non-hydrogen) atoms. The lowest BCUT2D eigenvalue weighted by molar-refractivity contribution is 0.101. The summed E-state index contributed by atoms with van der Waals surface area (Å²) in [4.78, 5) is 0. The third kappa shape index (κ3) is 2.45. The van der Waals surface area contributed by atoms with Crippen molar-refractivity contribution >= 4 is 0 Å². The van der Waals surface area contributed by atoms with Gasteiger partial charge in [-0.2, -0.15) is 5.26 Å². The first kappa shape index (κ1) is 14.3. The van der Waals surface area contributed by atoms with Gasteiger partial charge in [0.05, 0.1) is 11.6 Å². The second-order valence-corrected chi connectivity index (χ2v) is 5.52. The first-order chi connectivity index (χ1) is 9.36. The highest BCUT2D eigenvalue weighted by Crippen LogP contribution is 2.33. The predicted molar refractivity (Wildman–Crippen MR) is 80.5 cm³/mol. The molecule has 0 aliphatic rings. The maximum atomic E-state index is 11.0. The van der Waals surface area contributed by atoms with Gasteiger partial charge in [-0.15, -0.1) is 0 Å². The van der Waals surface area contributed by atoms with Gasteiger partial charge in [0, 0.05) is 0 Å². The lowest BCUT2D eigenvalue weighted by Gasteiger charge is -2.27. The maximum absolute atomic E-state index is 11.0. The molecule has 2 nitrogen and oxygen atoms in total. The molecule has 2 aromatic carbocycles. The molecule has 0 radical (unpaired) electrons. The summed E-state index contributed by atoms with van der Waals surface area (Å²) in [6.45, 7) is 7.89. The molecule has 0 amide bonds. The highest BCUT2D eigenvalue weighted by Gasteiger charge is 2.28. The molecule has 0 aliphatic carbocycles. The molecule has 102 valence electrons. The van der Waals surface area contributed by atoms with Crippen LogP contribution in [0.15, 0.2) is 36.4 Å². The smallest absolute Gasteiger partial charge is 0.112 e. The normalized spacial score (nSPS) is 13.6. The average Bonchev–Trinajstić information content (AvgIpc) is 2.42. The number of nitrogens with zero attached hydrogens (tertiary/aromatic N) is 1. The van der Waals surface area contributed by atoms with Gasteiger partial charge >= 0.3 is 0 Å². The minimum atomic E-state index is -1.10. The summed E-state index contributed by atoms with van der Waals surface area (Å²) in [5.41, 5.74) is 4.51. The summed E-state index contributed by atoms with van der Waals surface area (Å²) in [7, 11) is 0. The number of aliphatic hydroxyl groups is 1. The number of aryl methyl sites for hydroxylation is 3. The number of hydrogen-bond acceptors (Lipinski definition) is 2. The largest absolute Gasteiger partial charge is 0.381 e. The monoisotopic (exact) mass is 265 g/mol. The van der Waals surface area contributed by atoms with Crippen LogP contribution in [-0.4, -0.2) is 5.11 Å². The Kier molecular flexibility index (Phi) is 3.65. The Balaban J connectivity index is 2.60. The SMILES string of the molecule is Cc1cc(C)c(C(C)(O)c2cccc(C#N)c2)cc1C. The Labute approximate surface area is 120 Å². The highest BCUT2D eigenvalue weighted by atomic mass is 16.3. The molecule has 1 unspecified atom stereocenters. The molecule has 0 fully saturated rings. The molecule has 0 spiro atoms. The lowest BCUT2D eigenvalue weighted by Crippen LogP contribution is -2.24. The topological polar surface area (TPSA) is 44.0 Å². The van der Waals surface area contributed by atoms with Crippen LogP contribution in [0.5, 0.6) is 0 Å². The van der Waals surface area contributed by atoms with Gasteiger partial charge in [-0.3, -0.25) is 0 Å². The summed E-state index contributed by atoms with van der Waals surface area (Å²) >= 11 is 0. The van der Waals surface area contributed by atoms with Gasteiger partial charge < -0.3 is 5.11 Å². The van der Waals surface area contributed by atoms with E-state index in [1.807, 2.05) is 26.0 Å². The summed E-state index contributed by atoms with van der Waals surface area (Å²) < 4.78 is 0. The fraction of sp³-hybridized carbons (Fsp3) is 0.278. The molecule has 0 saturated carbocycles. The van der Waals surface area contributed by atoms with Gasteiger partial charge in [0.2, 0.25) is 0 Å². The number of benzene rings is 2. The van der Waals surface area contributed by atoms with Crippen LogP contribution in [0.4, 0.5) is 0 Å². The van der Waals surface area contributed by atoms with Crippen LogP contribution in [0, 0.1) is 32.1 Å². The van der Waals surface area contributed by atoms with Crippen molar-refractivity contribution in [3.05, 3.63) is 69.8 Å². The minimum Gasteiger partial charge on any atom is -0.381 e. The van der Waals surface area contributed by atoms with Gasteiger partial charge in [-0.05, 0) is 67.6 Å². The summed E-state index contributed by atoms with van der Waals surface area (Å²) in [6, 6.07) is 13.4. The van der Waals surface area contributed by atoms with Crippen LogP contribution in [0.2, 0.25) is 0 Å². The highest BCUT2D eigenvalue weighted by molar-refractivity contribution is 5.46. The van der Waals surface area contributed by atoms with Gasteiger partial charge in [0.15, 0.2) is 0 Å². The molecule has 0 aromatic heterocycles. The zero-order valence-corrected chi connectivity index (χ0v) is 12.4. The van der Waals surface area contributed by atoms with E-state index in [1.54, 1.807) is 25.1 Å². The molecule has 0 heterocycles. The van der Waals surface area contributed by atoms with Gasteiger partial charge in [0.1, 0.15) is 5.60 Å². The molecule has 2 heteroatoms. The standard InChI is InChI=1S/C18H19NO/c1-12-8-14(3)17(9-13(12)2)18(4,20)16-7-5-6-15(10-16)11-19/h5-10,20H,1-4H3.